The first-order valence-electron chi connectivity index (χ1n) is 8.86. The van der Waals surface area contributed by atoms with Crippen LogP contribution in [-0.2, 0) is 14.3 Å². The number of nitrogens with zero attached hydrogens (tertiary/aromatic N) is 3. The quantitative estimate of drug-likeness (QED) is 0.788. The normalized spacial score (nSPS) is 17.7. The Morgan fingerprint density at radius 2 is 2.00 bits per heavy atom. The van der Waals surface area contributed by atoms with Gasteiger partial charge in [0, 0.05) is 24.2 Å². The molecule has 0 bridgehead atoms. The van der Waals surface area contributed by atoms with Gasteiger partial charge in [-0.3, -0.25) is 14.5 Å². The molecular formula is C19H26ClN3O4. The number of hydrogen-bond donors (Lipinski definition) is 0. The molecule has 7 nitrogen and oxygen atoms in total. The molecule has 0 radical (unpaired) electrons. The maximum absolute atomic E-state index is 12.7. The molecule has 1 heterocycles. The summed E-state index contributed by atoms with van der Waals surface area (Å²) < 4.78 is 5.45. The van der Waals surface area contributed by atoms with Crippen LogP contribution in [0.15, 0.2) is 24.3 Å². The van der Waals surface area contributed by atoms with Crippen molar-refractivity contribution in [2.45, 2.75) is 46.4 Å². The van der Waals surface area contributed by atoms with Crippen LogP contribution in [0.3, 0.4) is 0 Å². The molecule has 1 saturated heterocycles. The molecule has 1 aromatic carbocycles. The van der Waals surface area contributed by atoms with Gasteiger partial charge in [0.2, 0.25) is 11.8 Å². The van der Waals surface area contributed by atoms with Crippen molar-refractivity contribution in [2.75, 3.05) is 24.5 Å². The van der Waals surface area contributed by atoms with Crippen LogP contribution in [0.1, 0.15) is 34.6 Å². The second kappa shape index (κ2) is 8.17. The zero-order valence-corrected chi connectivity index (χ0v) is 17.1. The molecule has 0 spiro atoms. The molecule has 2 rings (SSSR count). The van der Waals surface area contributed by atoms with Crippen molar-refractivity contribution in [1.82, 2.24) is 9.80 Å². The number of piperazine rings is 1. The Hall–Kier alpha value is -2.28. The van der Waals surface area contributed by atoms with E-state index in [0.717, 1.165) is 0 Å². The second-order valence-corrected chi connectivity index (χ2v) is 7.81. The Kier molecular flexibility index (Phi) is 6.36. The minimum atomic E-state index is -0.706. The van der Waals surface area contributed by atoms with E-state index in [1.54, 1.807) is 54.8 Å². The monoisotopic (exact) mass is 395 g/mol. The molecule has 8 heteroatoms. The average Bonchev–Trinajstić information content (AvgIpc) is 2.54. The van der Waals surface area contributed by atoms with Crippen molar-refractivity contribution in [3.63, 3.8) is 0 Å². The van der Waals surface area contributed by atoms with Crippen molar-refractivity contribution in [2.24, 2.45) is 0 Å². The fourth-order valence-corrected chi connectivity index (χ4v) is 3.19. The lowest BCUT2D eigenvalue weighted by Gasteiger charge is -2.45. The maximum Gasteiger partial charge on any atom is 0.412 e. The number of ether oxygens (including phenoxy) is 1. The van der Waals surface area contributed by atoms with Gasteiger partial charge in [-0.05, 0) is 45.9 Å². The van der Waals surface area contributed by atoms with Gasteiger partial charge < -0.3 is 14.5 Å². The SMILES string of the molecule is CCN(C(C)=O)[C@@H]1CN(c2cccc(Cl)c2)C(=O)CN1C(=O)OC(C)(C)C. The molecule has 1 aliphatic rings. The van der Waals surface area contributed by atoms with Gasteiger partial charge in [0.1, 0.15) is 18.3 Å². The van der Waals surface area contributed by atoms with Gasteiger partial charge in [-0.25, -0.2) is 4.79 Å². The van der Waals surface area contributed by atoms with Gasteiger partial charge >= 0.3 is 6.09 Å². The molecule has 27 heavy (non-hydrogen) atoms. The van der Waals surface area contributed by atoms with E-state index < -0.39 is 17.9 Å². The summed E-state index contributed by atoms with van der Waals surface area (Å²) in [5.41, 5.74) is -0.0804. The second-order valence-electron chi connectivity index (χ2n) is 7.38. The molecule has 0 aromatic heterocycles. The molecule has 1 aromatic rings. The van der Waals surface area contributed by atoms with Crippen LogP contribution in [0, 0.1) is 0 Å². The fourth-order valence-electron chi connectivity index (χ4n) is 3.01. The van der Waals surface area contributed by atoms with Gasteiger partial charge in [-0.2, -0.15) is 0 Å². The van der Waals surface area contributed by atoms with Crippen molar-refractivity contribution < 1.29 is 19.1 Å². The van der Waals surface area contributed by atoms with Crippen LogP contribution >= 0.6 is 11.6 Å². The minimum absolute atomic E-state index is 0.145. The summed E-state index contributed by atoms with van der Waals surface area (Å²) in [7, 11) is 0. The van der Waals surface area contributed by atoms with Gasteiger partial charge in [0.25, 0.3) is 0 Å². The summed E-state index contributed by atoms with van der Waals surface area (Å²) in [4.78, 5) is 42.0. The standard InChI is InChI=1S/C19H26ClN3O4/c1-6-21(13(2)24)16-11-22(15-9-7-8-14(20)10-15)17(25)12-23(16)18(26)27-19(3,4)5/h7-10,16H,6,11-12H2,1-5H3/t16-/m0/s1. The van der Waals surface area contributed by atoms with Gasteiger partial charge in [-0.15, -0.1) is 0 Å². The highest BCUT2D eigenvalue weighted by Gasteiger charge is 2.41. The molecule has 0 N–H and O–H groups in total. The van der Waals surface area contributed by atoms with Crippen LogP contribution in [0.2, 0.25) is 5.02 Å². The van der Waals surface area contributed by atoms with Gasteiger partial charge in [0.15, 0.2) is 0 Å². The highest BCUT2D eigenvalue weighted by Crippen LogP contribution is 2.26. The molecule has 0 aliphatic carbocycles. The predicted octanol–water partition coefficient (Wildman–Crippen LogP) is 3.12. The summed E-state index contributed by atoms with van der Waals surface area (Å²) in [6.07, 6.45) is -1.25. The van der Waals surface area contributed by atoms with Crippen molar-refractivity contribution in [3.8, 4) is 0 Å². The molecule has 1 atom stereocenters. The third kappa shape index (κ3) is 5.13. The highest BCUT2D eigenvalue weighted by atomic mass is 35.5. The maximum atomic E-state index is 12.7. The number of carbonyl (C=O) groups is 3. The Labute approximate surface area is 164 Å². The highest BCUT2D eigenvalue weighted by molar-refractivity contribution is 6.30. The topological polar surface area (TPSA) is 70.2 Å². The number of likely N-dealkylation sites (N-methyl/N-ethyl adjacent to an activating group) is 1. The number of anilines is 1. The fraction of sp³-hybridized carbons (Fsp3) is 0.526. The number of rotatable bonds is 3. The number of benzene rings is 1. The minimum Gasteiger partial charge on any atom is -0.444 e. The van der Waals surface area contributed by atoms with E-state index in [4.69, 9.17) is 16.3 Å². The summed E-state index contributed by atoms with van der Waals surface area (Å²) in [5.74, 6) is -0.449. The smallest absolute Gasteiger partial charge is 0.412 e. The number of hydrogen-bond acceptors (Lipinski definition) is 4. The van der Waals surface area contributed by atoms with Gasteiger partial charge in [0.05, 0.1) is 6.54 Å². The number of amides is 3. The first-order chi connectivity index (χ1) is 12.5. The Morgan fingerprint density at radius 1 is 1.33 bits per heavy atom. The van der Waals surface area contributed by atoms with E-state index in [1.165, 1.54) is 11.8 Å². The molecular weight excluding hydrogens is 370 g/mol. The Balaban J connectivity index is 2.37. The van der Waals surface area contributed by atoms with E-state index >= 15 is 0 Å². The van der Waals surface area contributed by atoms with E-state index in [2.05, 4.69) is 0 Å². The predicted molar refractivity (Wildman–Crippen MR) is 104 cm³/mol. The van der Waals surface area contributed by atoms with Crippen LogP contribution in [-0.4, -0.2) is 59.1 Å². The van der Waals surface area contributed by atoms with Crippen LogP contribution in [0.4, 0.5) is 10.5 Å². The molecule has 1 aliphatic heterocycles. The van der Waals surface area contributed by atoms with E-state index in [9.17, 15) is 14.4 Å². The first-order valence-corrected chi connectivity index (χ1v) is 9.24. The molecule has 0 saturated carbocycles. The third-order valence-electron chi connectivity index (χ3n) is 4.17. The summed E-state index contributed by atoms with van der Waals surface area (Å²) in [6.45, 7) is 8.90. The summed E-state index contributed by atoms with van der Waals surface area (Å²) in [5, 5.41) is 0.505. The van der Waals surface area contributed by atoms with Crippen molar-refractivity contribution >= 4 is 35.2 Å². The van der Waals surface area contributed by atoms with Crippen LogP contribution in [0.5, 0.6) is 0 Å². The largest absolute Gasteiger partial charge is 0.444 e. The molecule has 1 fully saturated rings. The van der Waals surface area contributed by atoms with E-state index in [0.29, 0.717) is 17.3 Å². The molecule has 3 amide bonds. The molecule has 0 unspecified atom stereocenters. The van der Waals surface area contributed by atoms with Crippen molar-refractivity contribution in [1.29, 1.82) is 0 Å². The van der Waals surface area contributed by atoms with Crippen LogP contribution in [0.25, 0.3) is 0 Å². The number of halogens is 1. The van der Waals surface area contributed by atoms with Gasteiger partial charge in [-0.1, -0.05) is 17.7 Å². The number of carbonyl (C=O) groups excluding carboxylic acids is 3. The molecule has 148 valence electrons. The zero-order chi connectivity index (χ0) is 20.4. The first kappa shape index (κ1) is 21.0. The lowest BCUT2D eigenvalue weighted by Crippen LogP contribution is -2.65. The lowest BCUT2D eigenvalue weighted by molar-refractivity contribution is -0.138. The average molecular weight is 396 g/mol. The summed E-state index contributed by atoms with van der Waals surface area (Å²) >= 11 is 6.05. The summed E-state index contributed by atoms with van der Waals surface area (Å²) in [6, 6.07) is 6.93. The third-order valence-corrected chi connectivity index (χ3v) is 4.40. The van der Waals surface area contributed by atoms with E-state index in [-0.39, 0.29) is 24.9 Å². The lowest BCUT2D eigenvalue weighted by atomic mass is 10.2. The van der Waals surface area contributed by atoms with Crippen molar-refractivity contribution in [3.05, 3.63) is 29.3 Å². The van der Waals surface area contributed by atoms with Crippen LogP contribution < -0.4 is 4.90 Å². The van der Waals surface area contributed by atoms with E-state index in [1.807, 2.05) is 6.92 Å². The Bertz CT molecular complexity index is 732. The Morgan fingerprint density at radius 3 is 2.52 bits per heavy atom. The zero-order valence-electron chi connectivity index (χ0n) is 16.4.